The lowest BCUT2D eigenvalue weighted by Crippen LogP contribution is -2.72. The van der Waals surface area contributed by atoms with Gasteiger partial charge in [0.05, 0.1) is 12.1 Å². The first-order chi connectivity index (χ1) is 9.25. The smallest absolute Gasteiger partial charge is 0.224 e. The van der Waals surface area contributed by atoms with Gasteiger partial charge >= 0.3 is 0 Å². The quantitative estimate of drug-likeness (QED) is 0.759. The molecule has 0 radical (unpaired) electrons. The molecule has 1 saturated heterocycles. The lowest BCUT2D eigenvalue weighted by molar-refractivity contribution is -0.138. The Morgan fingerprint density at radius 2 is 2.32 bits per heavy atom. The van der Waals surface area contributed by atoms with Crippen molar-refractivity contribution in [1.29, 1.82) is 0 Å². The van der Waals surface area contributed by atoms with Crippen molar-refractivity contribution in [3.05, 3.63) is 11.6 Å². The maximum atomic E-state index is 12.1. The molecular formula is C15H24N2O2. The minimum Gasteiger partial charge on any atom is -0.376 e. The summed E-state index contributed by atoms with van der Waals surface area (Å²) < 4.78 is 5.74. The second-order valence-electron chi connectivity index (χ2n) is 6.10. The Morgan fingerprint density at radius 3 is 3.11 bits per heavy atom. The van der Waals surface area contributed by atoms with E-state index in [1.165, 1.54) is 18.4 Å². The van der Waals surface area contributed by atoms with Crippen molar-refractivity contribution in [2.75, 3.05) is 6.61 Å². The van der Waals surface area contributed by atoms with Crippen molar-refractivity contribution < 1.29 is 9.53 Å². The normalized spacial score (nSPS) is 37.8. The van der Waals surface area contributed by atoms with Gasteiger partial charge < -0.3 is 15.8 Å². The zero-order chi connectivity index (χ0) is 13.2. The van der Waals surface area contributed by atoms with Crippen LogP contribution in [0.25, 0.3) is 0 Å². The molecule has 3 aliphatic rings. The third-order valence-corrected chi connectivity index (χ3v) is 4.78. The maximum Gasteiger partial charge on any atom is 0.224 e. The van der Waals surface area contributed by atoms with Crippen LogP contribution in [-0.4, -0.2) is 30.7 Å². The number of rotatable bonds is 3. The van der Waals surface area contributed by atoms with Crippen LogP contribution in [0, 0.1) is 5.92 Å². The fourth-order valence-corrected chi connectivity index (χ4v) is 3.63. The molecule has 1 aliphatic heterocycles. The van der Waals surface area contributed by atoms with Crippen LogP contribution < -0.4 is 11.1 Å². The van der Waals surface area contributed by atoms with E-state index in [1.54, 1.807) is 0 Å². The van der Waals surface area contributed by atoms with Crippen molar-refractivity contribution in [3.8, 4) is 0 Å². The van der Waals surface area contributed by atoms with Gasteiger partial charge in [0.25, 0.3) is 0 Å². The molecule has 0 aromatic carbocycles. The van der Waals surface area contributed by atoms with Crippen LogP contribution in [0.5, 0.6) is 0 Å². The zero-order valence-electron chi connectivity index (χ0n) is 11.4. The van der Waals surface area contributed by atoms with E-state index in [2.05, 4.69) is 11.4 Å². The molecule has 106 valence electrons. The zero-order valence-corrected chi connectivity index (χ0v) is 11.4. The highest BCUT2D eigenvalue weighted by atomic mass is 16.5. The van der Waals surface area contributed by atoms with Crippen LogP contribution in [0.2, 0.25) is 0 Å². The Kier molecular flexibility index (Phi) is 3.89. The molecule has 0 bridgehead atoms. The molecule has 1 saturated carbocycles. The second kappa shape index (κ2) is 5.63. The molecule has 19 heavy (non-hydrogen) atoms. The molecule has 2 aliphatic carbocycles. The Labute approximate surface area is 114 Å². The highest BCUT2D eigenvalue weighted by Crippen LogP contribution is 2.37. The summed E-state index contributed by atoms with van der Waals surface area (Å²) in [6.45, 7) is 0.811. The summed E-state index contributed by atoms with van der Waals surface area (Å²) in [4.78, 5) is 12.1. The summed E-state index contributed by atoms with van der Waals surface area (Å²) in [6, 6.07) is 0.108. The number of hydrogen-bond donors (Lipinski definition) is 2. The predicted molar refractivity (Wildman–Crippen MR) is 73.5 cm³/mol. The van der Waals surface area contributed by atoms with Crippen LogP contribution >= 0.6 is 0 Å². The van der Waals surface area contributed by atoms with E-state index in [0.29, 0.717) is 12.3 Å². The molecule has 0 aromatic heterocycles. The number of hydrogen-bond acceptors (Lipinski definition) is 3. The van der Waals surface area contributed by atoms with E-state index < -0.39 is 0 Å². The Bertz CT molecular complexity index is 380. The highest BCUT2D eigenvalue weighted by molar-refractivity contribution is 5.79. The standard InChI is InChI=1S/C15H24N2O2/c16-13-11-7-4-8-19-15(11)14(13)17-12(18)9-10-5-2-1-3-6-10/h5,11,13-15H,1-4,6-9,16H2,(H,17,18). The van der Waals surface area contributed by atoms with Gasteiger partial charge in [-0.05, 0) is 38.5 Å². The minimum absolute atomic E-state index is 0.0296. The van der Waals surface area contributed by atoms with Gasteiger partial charge in [-0.2, -0.15) is 0 Å². The largest absolute Gasteiger partial charge is 0.376 e. The third-order valence-electron chi connectivity index (χ3n) is 4.78. The molecular weight excluding hydrogens is 240 g/mol. The van der Waals surface area contributed by atoms with Crippen LogP contribution in [-0.2, 0) is 9.53 Å². The molecule has 0 spiro atoms. The number of nitrogens with one attached hydrogen (secondary N) is 1. The molecule has 0 aromatic rings. The molecule has 2 fully saturated rings. The highest BCUT2D eigenvalue weighted by Gasteiger charge is 2.50. The second-order valence-corrected chi connectivity index (χ2v) is 6.10. The lowest BCUT2D eigenvalue weighted by atomic mass is 9.68. The van der Waals surface area contributed by atoms with Gasteiger partial charge in [-0.1, -0.05) is 11.6 Å². The monoisotopic (exact) mass is 264 g/mol. The van der Waals surface area contributed by atoms with Gasteiger partial charge in [0.1, 0.15) is 0 Å². The molecule has 3 rings (SSSR count). The number of nitrogens with two attached hydrogens (primary N) is 1. The van der Waals surface area contributed by atoms with Crippen molar-refractivity contribution in [2.45, 2.75) is 63.1 Å². The summed E-state index contributed by atoms with van der Waals surface area (Å²) in [5.74, 6) is 0.564. The van der Waals surface area contributed by atoms with Gasteiger partial charge in [-0.3, -0.25) is 4.79 Å². The summed E-state index contributed by atoms with van der Waals surface area (Å²) in [5, 5.41) is 3.08. The summed E-state index contributed by atoms with van der Waals surface area (Å²) in [7, 11) is 0. The fraction of sp³-hybridized carbons (Fsp3) is 0.800. The third kappa shape index (κ3) is 2.70. The van der Waals surface area contributed by atoms with Crippen molar-refractivity contribution >= 4 is 5.91 Å². The first-order valence-electron chi connectivity index (χ1n) is 7.60. The van der Waals surface area contributed by atoms with Crippen molar-refractivity contribution in [2.24, 2.45) is 11.7 Å². The maximum absolute atomic E-state index is 12.1. The topological polar surface area (TPSA) is 64.3 Å². The summed E-state index contributed by atoms with van der Waals surface area (Å²) in [6.07, 6.45) is 9.85. The van der Waals surface area contributed by atoms with E-state index in [-0.39, 0.29) is 24.1 Å². The van der Waals surface area contributed by atoms with Gasteiger partial charge in [0, 0.05) is 25.0 Å². The van der Waals surface area contributed by atoms with E-state index in [0.717, 1.165) is 32.3 Å². The predicted octanol–water partition coefficient (Wildman–Crippen LogP) is 1.50. The van der Waals surface area contributed by atoms with Crippen LogP contribution in [0.15, 0.2) is 11.6 Å². The summed E-state index contributed by atoms with van der Waals surface area (Å²) in [5.41, 5.74) is 7.44. The number of amides is 1. The lowest BCUT2D eigenvalue weighted by Gasteiger charge is -2.52. The molecule has 4 atom stereocenters. The Hall–Kier alpha value is -0.870. The van der Waals surface area contributed by atoms with E-state index in [1.807, 2.05) is 0 Å². The number of ether oxygens (including phenoxy) is 1. The van der Waals surface area contributed by atoms with Gasteiger partial charge in [0.15, 0.2) is 0 Å². The molecule has 1 amide bonds. The van der Waals surface area contributed by atoms with Gasteiger partial charge in [0.2, 0.25) is 5.91 Å². The number of fused-ring (bicyclic) bond motifs is 1. The van der Waals surface area contributed by atoms with Gasteiger partial charge in [-0.25, -0.2) is 0 Å². The van der Waals surface area contributed by atoms with Crippen molar-refractivity contribution in [3.63, 3.8) is 0 Å². The Morgan fingerprint density at radius 1 is 1.42 bits per heavy atom. The summed E-state index contributed by atoms with van der Waals surface area (Å²) >= 11 is 0. The van der Waals surface area contributed by atoms with E-state index in [4.69, 9.17) is 10.5 Å². The first kappa shape index (κ1) is 13.1. The number of carbonyl (C=O) groups is 1. The SMILES string of the molecule is NC1C2CCCOC2C1NC(=O)CC1=CCCCC1. The van der Waals surface area contributed by atoms with E-state index in [9.17, 15) is 4.79 Å². The number of allylic oxidation sites excluding steroid dienone is 1. The molecule has 4 heteroatoms. The van der Waals surface area contributed by atoms with E-state index >= 15 is 0 Å². The average Bonchev–Trinajstić information content (AvgIpc) is 2.45. The molecule has 4 unspecified atom stereocenters. The minimum atomic E-state index is 0.0296. The number of carbonyl (C=O) groups excluding carboxylic acids is 1. The fourth-order valence-electron chi connectivity index (χ4n) is 3.63. The first-order valence-corrected chi connectivity index (χ1v) is 7.60. The Balaban J connectivity index is 1.50. The molecule has 1 heterocycles. The van der Waals surface area contributed by atoms with Gasteiger partial charge in [-0.15, -0.1) is 0 Å². The van der Waals surface area contributed by atoms with Crippen LogP contribution in [0.3, 0.4) is 0 Å². The average molecular weight is 264 g/mol. The van der Waals surface area contributed by atoms with Crippen LogP contribution in [0.4, 0.5) is 0 Å². The van der Waals surface area contributed by atoms with Crippen LogP contribution in [0.1, 0.15) is 44.9 Å². The molecule has 4 nitrogen and oxygen atoms in total. The van der Waals surface area contributed by atoms with Crippen molar-refractivity contribution in [1.82, 2.24) is 5.32 Å². The molecule has 3 N–H and O–H groups in total.